The first kappa shape index (κ1) is 20.0. The fourth-order valence-electron chi connectivity index (χ4n) is 3.39. The fourth-order valence-corrected chi connectivity index (χ4v) is 4.02. The van der Waals surface area contributed by atoms with E-state index < -0.39 is 0 Å². The van der Waals surface area contributed by atoms with E-state index in [0.717, 1.165) is 26.8 Å². The summed E-state index contributed by atoms with van der Waals surface area (Å²) >= 11 is 1.47. The van der Waals surface area contributed by atoms with E-state index in [-0.39, 0.29) is 6.61 Å². The predicted molar refractivity (Wildman–Crippen MR) is 121 cm³/mol. The highest BCUT2D eigenvalue weighted by Crippen LogP contribution is 2.36. The van der Waals surface area contributed by atoms with Gasteiger partial charge < -0.3 is 9.47 Å². The molecule has 5 rings (SSSR count). The summed E-state index contributed by atoms with van der Waals surface area (Å²) in [5, 5.41) is 14.4. The lowest BCUT2D eigenvalue weighted by atomic mass is 10.0. The van der Waals surface area contributed by atoms with Gasteiger partial charge in [-0.1, -0.05) is 41.7 Å². The lowest BCUT2D eigenvalue weighted by Gasteiger charge is -2.11. The van der Waals surface area contributed by atoms with Crippen molar-refractivity contribution in [3.63, 3.8) is 0 Å². The van der Waals surface area contributed by atoms with Crippen molar-refractivity contribution in [2.24, 2.45) is 7.05 Å². The minimum Gasteiger partial charge on any atom is -0.491 e. The molecule has 0 fully saturated rings. The van der Waals surface area contributed by atoms with Crippen LogP contribution < -0.4 is 9.47 Å². The molecule has 0 saturated heterocycles. The van der Waals surface area contributed by atoms with Crippen molar-refractivity contribution < 1.29 is 9.47 Å². The standard InChI is InChI=1S/C22H19N7O2S/c1-13-26-27-18(32-13)11-31-22-17(30-3)9-16-21(25-22)20(24-12-23-16)15-10-29(2)28-19(15)14-7-5-4-6-8-14/h4-10,12H,11H2,1-3H3. The normalized spacial score (nSPS) is 11.1. The lowest BCUT2D eigenvalue weighted by Crippen LogP contribution is -2.02. The Morgan fingerprint density at radius 2 is 1.91 bits per heavy atom. The highest BCUT2D eigenvalue weighted by atomic mass is 32.1. The fraction of sp³-hybridized carbons (Fsp3) is 0.182. The molecule has 10 heteroatoms. The second kappa shape index (κ2) is 8.31. The van der Waals surface area contributed by atoms with Crippen LogP contribution in [0.5, 0.6) is 11.6 Å². The second-order valence-corrected chi connectivity index (χ2v) is 8.29. The van der Waals surface area contributed by atoms with Gasteiger partial charge in [-0.25, -0.2) is 15.0 Å². The minimum absolute atomic E-state index is 0.242. The Morgan fingerprint density at radius 1 is 1.06 bits per heavy atom. The minimum atomic E-state index is 0.242. The van der Waals surface area contributed by atoms with Crippen LogP contribution in [0.15, 0.2) is 48.9 Å². The summed E-state index contributed by atoms with van der Waals surface area (Å²) in [6.07, 6.45) is 3.45. The first-order valence-corrected chi connectivity index (χ1v) is 10.6. The first-order valence-electron chi connectivity index (χ1n) is 9.83. The predicted octanol–water partition coefficient (Wildman–Crippen LogP) is 3.84. The molecule has 0 saturated carbocycles. The van der Waals surface area contributed by atoms with Crippen LogP contribution in [0, 0.1) is 6.92 Å². The zero-order chi connectivity index (χ0) is 22.1. The van der Waals surface area contributed by atoms with Gasteiger partial charge in [-0.2, -0.15) is 5.10 Å². The van der Waals surface area contributed by atoms with Gasteiger partial charge in [0.25, 0.3) is 5.88 Å². The smallest absolute Gasteiger partial charge is 0.258 e. The molecule has 0 aliphatic rings. The van der Waals surface area contributed by atoms with Gasteiger partial charge in [0, 0.05) is 30.4 Å². The van der Waals surface area contributed by atoms with Crippen LogP contribution in [0.2, 0.25) is 0 Å². The number of benzene rings is 1. The number of aryl methyl sites for hydroxylation is 2. The molecule has 4 aromatic heterocycles. The van der Waals surface area contributed by atoms with Crippen molar-refractivity contribution in [1.29, 1.82) is 0 Å². The van der Waals surface area contributed by atoms with Crippen molar-refractivity contribution >= 4 is 22.4 Å². The Morgan fingerprint density at radius 3 is 2.66 bits per heavy atom. The van der Waals surface area contributed by atoms with Gasteiger partial charge in [-0.05, 0) is 6.92 Å². The molecule has 0 aliphatic heterocycles. The van der Waals surface area contributed by atoms with E-state index in [2.05, 4.69) is 25.3 Å². The van der Waals surface area contributed by atoms with Crippen LogP contribution in [-0.4, -0.2) is 42.0 Å². The van der Waals surface area contributed by atoms with E-state index in [0.29, 0.717) is 28.4 Å². The highest BCUT2D eigenvalue weighted by molar-refractivity contribution is 7.11. The molecule has 160 valence electrons. The van der Waals surface area contributed by atoms with Crippen LogP contribution in [0.3, 0.4) is 0 Å². The maximum atomic E-state index is 5.94. The Labute approximate surface area is 187 Å². The molecule has 0 unspecified atom stereocenters. The van der Waals surface area contributed by atoms with Crippen LogP contribution in [0.4, 0.5) is 0 Å². The zero-order valence-electron chi connectivity index (χ0n) is 17.7. The van der Waals surface area contributed by atoms with Gasteiger partial charge in [0.05, 0.1) is 12.6 Å². The molecule has 0 amide bonds. The third-order valence-electron chi connectivity index (χ3n) is 4.79. The highest BCUT2D eigenvalue weighted by Gasteiger charge is 2.20. The number of rotatable bonds is 6. The van der Waals surface area contributed by atoms with Gasteiger partial charge >= 0.3 is 0 Å². The van der Waals surface area contributed by atoms with E-state index in [1.807, 2.05) is 50.5 Å². The first-order chi connectivity index (χ1) is 15.6. The van der Waals surface area contributed by atoms with Gasteiger partial charge in [-0.15, -0.1) is 10.2 Å². The van der Waals surface area contributed by atoms with Gasteiger partial charge in [-0.3, -0.25) is 4.68 Å². The van der Waals surface area contributed by atoms with Crippen molar-refractivity contribution in [2.45, 2.75) is 13.5 Å². The Kier molecular flexibility index (Phi) is 5.20. The Balaban J connectivity index is 1.62. The summed E-state index contributed by atoms with van der Waals surface area (Å²) in [7, 11) is 3.45. The molecule has 0 N–H and O–H groups in total. The molecule has 0 bridgehead atoms. The lowest BCUT2D eigenvalue weighted by molar-refractivity contribution is 0.272. The summed E-state index contributed by atoms with van der Waals surface area (Å²) in [6, 6.07) is 11.8. The number of hydrogen-bond acceptors (Lipinski definition) is 9. The summed E-state index contributed by atoms with van der Waals surface area (Å²) in [5.74, 6) is 0.826. The summed E-state index contributed by atoms with van der Waals surface area (Å²) in [6.45, 7) is 2.14. The van der Waals surface area contributed by atoms with E-state index in [9.17, 15) is 0 Å². The molecule has 0 aliphatic carbocycles. The molecule has 9 nitrogen and oxygen atoms in total. The molecule has 32 heavy (non-hydrogen) atoms. The molecule has 0 radical (unpaired) electrons. The number of aromatic nitrogens is 7. The number of pyridine rings is 1. The van der Waals surface area contributed by atoms with Crippen molar-refractivity contribution in [2.75, 3.05) is 7.11 Å². The second-order valence-electron chi connectivity index (χ2n) is 7.02. The quantitative estimate of drug-likeness (QED) is 0.389. The maximum Gasteiger partial charge on any atom is 0.258 e. The van der Waals surface area contributed by atoms with Crippen LogP contribution in [0.1, 0.15) is 10.0 Å². The Hall–Kier alpha value is -3.92. The van der Waals surface area contributed by atoms with Crippen molar-refractivity contribution in [3.05, 3.63) is 58.9 Å². The molecule has 0 atom stereocenters. The average Bonchev–Trinajstić information content (AvgIpc) is 3.42. The Bertz CT molecular complexity index is 1400. The topological polar surface area (TPSA) is 101 Å². The van der Waals surface area contributed by atoms with Crippen molar-refractivity contribution in [1.82, 2.24) is 34.9 Å². The van der Waals surface area contributed by atoms with E-state index in [1.165, 1.54) is 17.7 Å². The molecule has 0 spiro atoms. The monoisotopic (exact) mass is 445 g/mol. The largest absolute Gasteiger partial charge is 0.491 e. The number of nitrogens with zero attached hydrogens (tertiary/aromatic N) is 7. The molecule has 5 aromatic rings. The molecular formula is C22H19N7O2S. The van der Waals surface area contributed by atoms with Crippen LogP contribution >= 0.6 is 11.3 Å². The van der Waals surface area contributed by atoms with Crippen LogP contribution in [0.25, 0.3) is 33.5 Å². The average molecular weight is 446 g/mol. The molecule has 1 aromatic carbocycles. The summed E-state index contributed by atoms with van der Waals surface area (Å²) in [5.41, 5.74) is 4.58. The zero-order valence-corrected chi connectivity index (χ0v) is 18.5. The van der Waals surface area contributed by atoms with E-state index in [1.54, 1.807) is 17.9 Å². The number of fused-ring (bicyclic) bond motifs is 1. The van der Waals surface area contributed by atoms with E-state index >= 15 is 0 Å². The summed E-state index contributed by atoms with van der Waals surface area (Å²) < 4.78 is 13.2. The number of hydrogen-bond donors (Lipinski definition) is 0. The third-order valence-corrected chi connectivity index (χ3v) is 5.61. The summed E-state index contributed by atoms with van der Waals surface area (Å²) in [4.78, 5) is 13.7. The van der Waals surface area contributed by atoms with Gasteiger partial charge in [0.2, 0.25) is 0 Å². The van der Waals surface area contributed by atoms with Crippen molar-refractivity contribution in [3.8, 4) is 34.1 Å². The van der Waals surface area contributed by atoms with E-state index in [4.69, 9.17) is 14.5 Å². The third kappa shape index (κ3) is 3.76. The van der Waals surface area contributed by atoms with Gasteiger partial charge in [0.1, 0.15) is 34.8 Å². The van der Waals surface area contributed by atoms with Gasteiger partial charge in [0.15, 0.2) is 10.8 Å². The van der Waals surface area contributed by atoms with Crippen LogP contribution in [-0.2, 0) is 13.7 Å². The number of methoxy groups -OCH3 is 1. The SMILES string of the molecule is COc1cc2ncnc(-c3cn(C)nc3-c3ccccc3)c2nc1OCc1nnc(C)s1. The maximum absolute atomic E-state index is 5.94. The molecular weight excluding hydrogens is 426 g/mol. The number of ether oxygens (including phenoxy) is 2. The molecule has 4 heterocycles.